The van der Waals surface area contributed by atoms with Gasteiger partial charge in [0.15, 0.2) is 16.7 Å². The van der Waals surface area contributed by atoms with E-state index in [1.54, 1.807) is 48.7 Å². The number of rotatable bonds is 7. The maximum absolute atomic E-state index is 15.7. The minimum Gasteiger partial charge on any atom is -0.493 e. The van der Waals surface area contributed by atoms with Crippen LogP contribution in [0.2, 0.25) is 5.02 Å². The first-order valence-electron chi connectivity index (χ1n) is 14.0. The summed E-state index contributed by atoms with van der Waals surface area (Å²) >= 11 is 7.19. The molecule has 2 amide bonds. The zero-order valence-electron chi connectivity index (χ0n) is 23.8. The molecule has 0 bridgehead atoms. The lowest BCUT2D eigenvalue weighted by molar-refractivity contribution is -0.660. The largest absolute Gasteiger partial charge is 0.537 e. The van der Waals surface area contributed by atoms with E-state index >= 15 is 4.79 Å². The van der Waals surface area contributed by atoms with E-state index in [0.717, 1.165) is 23.5 Å². The van der Waals surface area contributed by atoms with E-state index in [0.29, 0.717) is 11.3 Å². The molecule has 4 aromatic rings. The van der Waals surface area contributed by atoms with Gasteiger partial charge in [-0.15, -0.1) is 11.3 Å². The van der Waals surface area contributed by atoms with E-state index in [-0.39, 0.29) is 34.6 Å². The van der Waals surface area contributed by atoms with E-state index in [1.165, 1.54) is 23.2 Å². The molecule has 0 radical (unpaired) electrons. The Hall–Kier alpha value is -4.48. The quantitative estimate of drug-likeness (QED) is 0.245. The highest BCUT2D eigenvalue weighted by Gasteiger charge is 2.75. The Morgan fingerprint density at radius 3 is 2.58 bits per heavy atom. The van der Waals surface area contributed by atoms with Crippen molar-refractivity contribution in [1.82, 2.24) is 4.98 Å². The molecule has 0 spiro atoms. The summed E-state index contributed by atoms with van der Waals surface area (Å²) in [4.78, 5) is 34.9. The lowest BCUT2D eigenvalue weighted by Gasteiger charge is -2.53. The van der Waals surface area contributed by atoms with E-state index < -0.39 is 54.9 Å². The number of amides is 2. The summed E-state index contributed by atoms with van der Waals surface area (Å²) in [6, 6.07) is 19.5. The van der Waals surface area contributed by atoms with Crippen LogP contribution in [0.1, 0.15) is 24.0 Å². The number of piperazine rings is 1. The van der Waals surface area contributed by atoms with Crippen LogP contribution in [0.3, 0.4) is 0 Å². The zero-order chi connectivity index (χ0) is 32.0. The highest BCUT2D eigenvalue weighted by atomic mass is 35.5. The second-order valence-corrected chi connectivity index (χ2v) is 13.8. The molecular formula is C31H27ClN5O6S2+. The third kappa shape index (κ3) is 4.39. The number of quaternary nitrogens is 1. The van der Waals surface area contributed by atoms with Gasteiger partial charge in [-0.2, -0.15) is 18.5 Å². The summed E-state index contributed by atoms with van der Waals surface area (Å²) < 4.78 is 33.3. The van der Waals surface area contributed by atoms with Gasteiger partial charge in [0.05, 0.1) is 12.7 Å². The van der Waals surface area contributed by atoms with Crippen LogP contribution < -0.4 is 15.0 Å². The first kappa shape index (κ1) is 30.5. The zero-order valence-corrected chi connectivity index (χ0v) is 26.2. The van der Waals surface area contributed by atoms with Crippen LogP contribution in [0.25, 0.3) is 0 Å². The molecule has 14 heteroatoms. The van der Waals surface area contributed by atoms with Crippen molar-refractivity contribution in [3.8, 4) is 11.8 Å². The number of imide groups is 1. The standard InChI is InChI=1S/C31H26ClN5O6S2/c1-2-43-27-10-6-4-8-24(27)31(25-18-35-26-9-5-3-7-23(25)26)28(38)37(30(39)40,45(41,42)22-13-11-20(32)12-14-22)19-21(17-33)36(31)29-34-15-16-44-29/h3-16,21,25,35H,2,18-19H2,1H3/p+1. The minimum absolute atomic E-state index is 0.117. The van der Waals surface area contributed by atoms with Crippen LogP contribution in [0, 0.1) is 11.3 Å². The number of halogens is 1. The Morgan fingerprint density at radius 1 is 1.20 bits per heavy atom. The number of nitriles is 1. The molecule has 3 aromatic carbocycles. The normalized spacial score (nSPS) is 24.4. The number of hydrogen-bond donors (Lipinski definition) is 2. The van der Waals surface area contributed by atoms with Crippen molar-refractivity contribution in [3.63, 3.8) is 0 Å². The van der Waals surface area contributed by atoms with Crippen molar-refractivity contribution in [2.24, 2.45) is 0 Å². The Labute approximate surface area is 268 Å². The summed E-state index contributed by atoms with van der Waals surface area (Å²) in [5, 5.41) is 27.2. The summed E-state index contributed by atoms with van der Waals surface area (Å²) in [7, 11) is -5.06. The first-order chi connectivity index (χ1) is 21.6. The number of anilines is 2. The molecule has 0 aliphatic carbocycles. The lowest BCUT2D eigenvalue weighted by atomic mass is 9.70. The van der Waals surface area contributed by atoms with Gasteiger partial charge in [-0.1, -0.05) is 48.0 Å². The smallest absolute Gasteiger partial charge is 0.493 e. The summed E-state index contributed by atoms with van der Waals surface area (Å²) in [6.07, 6.45) is -0.427. The van der Waals surface area contributed by atoms with Crippen LogP contribution in [0.4, 0.5) is 15.6 Å². The monoisotopic (exact) mass is 664 g/mol. The SMILES string of the molecule is CCOc1ccccc1C1(C2CNc3ccccc32)C(=O)[N+](C(=O)O)(S(=O)(=O)c2ccc(Cl)cc2)CC(C#N)N1c1nccs1. The van der Waals surface area contributed by atoms with E-state index in [2.05, 4.69) is 16.4 Å². The fraction of sp³-hybridized carbons (Fsp3) is 0.226. The van der Waals surface area contributed by atoms with Crippen LogP contribution in [0.5, 0.6) is 5.75 Å². The fourth-order valence-electron chi connectivity index (χ4n) is 6.48. The van der Waals surface area contributed by atoms with Crippen molar-refractivity contribution in [2.75, 3.05) is 29.9 Å². The van der Waals surface area contributed by atoms with Gasteiger partial charge in [-0.25, -0.2) is 9.78 Å². The number of sulfonamides is 1. The maximum Gasteiger partial charge on any atom is 0.537 e. The number of aromatic nitrogens is 1. The van der Waals surface area contributed by atoms with Gasteiger partial charge in [-0.05, 0) is 52.8 Å². The van der Waals surface area contributed by atoms with Crippen molar-refractivity contribution in [1.29, 1.82) is 5.26 Å². The van der Waals surface area contributed by atoms with Crippen LogP contribution in [-0.2, 0) is 20.4 Å². The highest BCUT2D eigenvalue weighted by Crippen LogP contribution is 2.56. The summed E-state index contributed by atoms with van der Waals surface area (Å²) in [5.74, 6) is -1.83. The Balaban J connectivity index is 1.78. The third-order valence-corrected chi connectivity index (χ3v) is 11.5. The number of para-hydroxylation sites is 2. The minimum atomic E-state index is -5.06. The summed E-state index contributed by atoms with van der Waals surface area (Å²) in [6.45, 7) is 1.17. The molecule has 2 aliphatic heterocycles. The molecule has 1 saturated heterocycles. The Bertz CT molecular complexity index is 1930. The predicted octanol–water partition coefficient (Wildman–Crippen LogP) is 5.42. The molecule has 4 atom stereocenters. The highest BCUT2D eigenvalue weighted by molar-refractivity contribution is 7.86. The van der Waals surface area contributed by atoms with Gasteiger partial charge in [0.2, 0.25) is 0 Å². The lowest BCUT2D eigenvalue weighted by Crippen LogP contribution is -2.79. The average Bonchev–Trinajstić information content (AvgIpc) is 3.72. The molecule has 2 N–H and O–H groups in total. The van der Waals surface area contributed by atoms with Gasteiger partial charge in [0, 0.05) is 40.3 Å². The molecule has 3 heterocycles. The van der Waals surface area contributed by atoms with Crippen molar-refractivity contribution >= 4 is 55.8 Å². The number of nitrogens with one attached hydrogen (secondary N) is 1. The van der Waals surface area contributed by atoms with Crippen molar-refractivity contribution in [3.05, 3.63) is 101 Å². The topological polar surface area (TPSA) is 150 Å². The average molecular weight is 665 g/mol. The van der Waals surface area contributed by atoms with E-state index in [9.17, 15) is 23.6 Å². The molecule has 6 rings (SSSR count). The number of carbonyl (C=O) groups is 2. The second kappa shape index (κ2) is 11.5. The van der Waals surface area contributed by atoms with Crippen molar-refractivity contribution in [2.45, 2.75) is 29.3 Å². The Kier molecular flexibility index (Phi) is 7.78. The molecule has 0 saturated carbocycles. The van der Waals surface area contributed by atoms with Gasteiger partial charge in [0.1, 0.15) is 17.2 Å². The van der Waals surface area contributed by atoms with Gasteiger partial charge < -0.3 is 20.1 Å². The number of hydrogen-bond acceptors (Lipinski definition) is 10. The molecule has 1 aromatic heterocycles. The van der Waals surface area contributed by atoms with Gasteiger partial charge in [0.25, 0.3) is 0 Å². The number of thiazole rings is 1. The van der Waals surface area contributed by atoms with Crippen molar-refractivity contribution < 1.29 is 31.7 Å². The maximum atomic E-state index is 15.7. The summed E-state index contributed by atoms with van der Waals surface area (Å²) in [5.41, 5.74) is -0.578. The fourth-order valence-corrected chi connectivity index (χ4v) is 9.10. The third-order valence-electron chi connectivity index (χ3n) is 8.32. The molecule has 45 heavy (non-hydrogen) atoms. The van der Waals surface area contributed by atoms with Gasteiger partial charge in [-0.3, -0.25) is 0 Å². The molecule has 4 unspecified atom stereocenters. The van der Waals surface area contributed by atoms with Crippen LogP contribution in [0.15, 0.2) is 89.3 Å². The predicted molar refractivity (Wildman–Crippen MR) is 168 cm³/mol. The number of fused-ring (bicyclic) bond motifs is 1. The molecule has 230 valence electrons. The van der Waals surface area contributed by atoms with Crippen LogP contribution in [-0.4, -0.2) is 60.1 Å². The number of ether oxygens (including phenoxy) is 1. The van der Waals surface area contributed by atoms with E-state index in [4.69, 9.17) is 16.3 Å². The molecule has 11 nitrogen and oxygen atoms in total. The second-order valence-electron chi connectivity index (χ2n) is 10.5. The van der Waals surface area contributed by atoms with Gasteiger partial charge >= 0.3 is 22.0 Å². The first-order valence-corrected chi connectivity index (χ1v) is 16.6. The van der Waals surface area contributed by atoms with Crippen LogP contribution >= 0.6 is 22.9 Å². The number of carboxylic acid groups (broad SMARTS) is 1. The Morgan fingerprint density at radius 2 is 1.91 bits per heavy atom. The number of nitrogens with zero attached hydrogens (tertiary/aromatic N) is 4. The number of benzene rings is 3. The van der Waals surface area contributed by atoms with E-state index in [1.807, 2.05) is 12.1 Å². The molecular weight excluding hydrogens is 638 g/mol. The molecule has 1 fully saturated rings. The number of carbonyl (C=O) groups excluding carboxylic acids is 1. The molecule has 2 aliphatic rings.